The fraction of sp³-hybridized carbons (Fsp3) is 0.500. The Labute approximate surface area is 141 Å². The number of ether oxygens (including phenoxy) is 1. The molecule has 2 aliphatic heterocycles. The predicted octanol–water partition coefficient (Wildman–Crippen LogP) is 2.87. The van der Waals surface area contributed by atoms with Crippen LogP contribution < -0.4 is 4.90 Å². The van der Waals surface area contributed by atoms with Crippen LogP contribution in [0.3, 0.4) is 0 Å². The van der Waals surface area contributed by atoms with Crippen molar-refractivity contribution in [3.05, 3.63) is 46.8 Å². The maximum atomic E-state index is 5.98. The minimum absolute atomic E-state index is 0.241. The number of nitrogens with zero attached hydrogens (tertiary/aromatic N) is 3. The van der Waals surface area contributed by atoms with Crippen LogP contribution in [0.5, 0.6) is 0 Å². The van der Waals surface area contributed by atoms with Crippen molar-refractivity contribution in [1.29, 1.82) is 0 Å². The number of hydrogen-bond donors (Lipinski definition) is 0. The zero-order valence-electron chi connectivity index (χ0n) is 13.4. The molecule has 4 heterocycles. The summed E-state index contributed by atoms with van der Waals surface area (Å²) in [7, 11) is 0. The summed E-state index contributed by atoms with van der Waals surface area (Å²) in [5.74, 6) is 1.10. The van der Waals surface area contributed by atoms with Crippen LogP contribution in [0.2, 0.25) is 0 Å². The summed E-state index contributed by atoms with van der Waals surface area (Å²) in [6, 6.07) is 10.5. The van der Waals surface area contributed by atoms with Gasteiger partial charge in [0, 0.05) is 49.2 Å². The highest BCUT2D eigenvalue weighted by atomic mass is 32.1. The van der Waals surface area contributed by atoms with Gasteiger partial charge in [0.1, 0.15) is 5.82 Å². The molecule has 23 heavy (non-hydrogen) atoms. The van der Waals surface area contributed by atoms with Crippen molar-refractivity contribution in [3.63, 3.8) is 0 Å². The number of anilines is 1. The van der Waals surface area contributed by atoms with Crippen molar-refractivity contribution in [2.75, 3.05) is 44.3 Å². The zero-order valence-corrected chi connectivity index (χ0v) is 14.2. The molecule has 122 valence electrons. The molecule has 0 saturated carbocycles. The molecule has 0 unspecified atom stereocenters. The lowest BCUT2D eigenvalue weighted by molar-refractivity contribution is 0.0798. The highest BCUT2D eigenvalue weighted by Gasteiger charge is 2.41. The van der Waals surface area contributed by atoms with Crippen LogP contribution in [0.1, 0.15) is 11.3 Å². The van der Waals surface area contributed by atoms with Crippen molar-refractivity contribution < 1.29 is 4.74 Å². The van der Waals surface area contributed by atoms with Crippen molar-refractivity contribution in [3.8, 4) is 0 Å². The summed E-state index contributed by atoms with van der Waals surface area (Å²) in [6.07, 6.45) is 3.07. The molecule has 2 aromatic rings. The molecular formula is C18H23N3OS. The maximum absolute atomic E-state index is 5.98. The van der Waals surface area contributed by atoms with Gasteiger partial charge in [0.05, 0.1) is 13.2 Å². The average molecular weight is 329 g/mol. The Morgan fingerprint density at radius 2 is 2.17 bits per heavy atom. The van der Waals surface area contributed by atoms with Gasteiger partial charge in [0.25, 0.3) is 0 Å². The lowest BCUT2D eigenvalue weighted by Crippen LogP contribution is -2.40. The number of rotatable bonds is 3. The van der Waals surface area contributed by atoms with E-state index in [9.17, 15) is 0 Å². The van der Waals surface area contributed by atoms with Crippen LogP contribution in [0.25, 0.3) is 0 Å². The van der Waals surface area contributed by atoms with E-state index in [2.05, 4.69) is 44.4 Å². The van der Waals surface area contributed by atoms with E-state index in [0.717, 1.165) is 51.8 Å². The summed E-state index contributed by atoms with van der Waals surface area (Å²) in [4.78, 5) is 10.9. The molecule has 0 N–H and O–H groups in total. The van der Waals surface area contributed by atoms with Gasteiger partial charge in [0.2, 0.25) is 0 Å². The summed E-state index contributed by atoms with van der Waals surface area (Å²) in [6.45, 7) is 7.04. The molecule has 2 saturated heterocycles. The molecular weight excluding hydrogens is 306 g/mol. The molecule has 1 atom stereocenters. The Hall–Kier alpha value is -1.43. The highest BCUT2D eigenvalue weighted by molar-refractivity contribution is 7.09. The first kappa shape index (κ1) is 15.1. The second-order valence-electron chi connectivity index (χ2n) is 6.70. The number of hydrogen-bond acceptors (Lipinski definition) is 5. The highest BCUT2D eigenvalue weighted by Crippen LogP contribution is 2.35. The van der Waals surface area contributed by atoms with Crippen molar-refractivity contribution >= 4 is 17.2 Å². The van der Waals surface area contributed by atoms with Gasteiger partial charge >= 0.3 is 0 Å². The Bertz CT molecular complexity index is 618. The van der Waals surface area contributed by atoms with Crippen molar-refractivity contribution in [1.82, 2.24) is 9.88 Å². The topological polar surface area (TPSA) is 28.6 Å². The zero-order chi connectivity index (χ0) is 15.5. The SMILES string of the molecule is c1ccc(N2CC[C@@]3(COCCN(Cc4cccs4)C3)C2)nc1. The van der Waals surface area contributed by atoms with E-state index in [1.54, 1.807) is 0 Å². The summed E-state index contributed by atoms with van der Waals surface area (Å²) in [5, 5.41) is 2.16. The number of pyridine rings is 1. The largest absolute Gasteiger partial charge is 0.379 e. The van der Waals surface area contributed by atoms with Gasteiger partial charge < -0.3 is 9.64 Å². The lowest BCUT2D eigenvalue weighted by atomic mass is 9.87. The molecule has 2 fully saturated rings. The van der Waals surface area contributed by atoms with E-state index in [0.29, 0.717) is 0 Å². The van der Waals surface area contributed by atoms with E-state index in [1.807, 2.05) is 23.6 Å². The molecule has 0 bridgehead atoms. The number of thiophene rings is 1. The van der Waals surface area contributed by atoms with Gasteiger partial charge in [-0.25, -0.2) is 4.98 Å². The second kappa shape index (κ2) is 6.59. The first-order valence-electron chi connectivity index (χ1n) is 8.32. The molecule has 0 aromatic carbocycles. The Morgan fingerprint density at radius 1 is 1.17 bits per heavy atom. The first-order valence-corrected chi connectivity index (χ1v) is 9.20. The molecule has 2 aliphatic rings. The molecule has 4 nitrogen and oxygen atoms in total. The van der Waals surface area contributed by atoms with Crippen molar-refractivity contribution in [2.24, 2.45) is 5.41 Å². The van der Waals surface area contributed by atoms with Crippen LogP contribution in [0.4, 0.5) is 5.82 Å². The van der Waals surface area contributed by atoms with E-state index in [-0.39, 0.29) is 5.41 Å². The fourth-order valence-corrected chi connectivity index (χ4v) is 4.50. The van der Waals surface area contributed by atoms with E-state index < -0.39 is 0 Å². The maximum Gasteiger partial charge on any atom is 0.128 e. The standard InChI is InChI=1S/C18H23N3OS/c1-2-7-19-17(5-1)21-8-6-18(14-21)13-20(9-10-22-15-18)12-16-4-3-11-23-16/h1-5,7,11H,6,8-10,12-15H2/t18-/m0/s1. The normalized spacial score (nSPS) is 25.8. The smallest absolute Gasteiger partial charge is 0.128 e. The van der Waals surface area contributed by atoms with Gasteiger partial charge in [-0.3, -0.25) is 4.90 Å². The first-order chi connectivity index (χ1) is 11.3. The van der Waals surface area contributed by atoms with Crippen LogP contribution in [0, 0.1) is 5.41 Å². The Morgan fingerprint density at radius 3 is 3.00 bits per heavy atom. The average Bonchev–Trinajstić information content (AvgIpc) is 3.18. The van der Waals surface area contributed by atoms with Gasteiger partial charge in [0.15, 0.2) is 0 Å². The molecule has 0 aliphatic carbocycles. The minimum Gasteiger partial charge on any atom is -0.379 e. The number of aromatic nitrogens is 1. The molecule has 0 amide bonds. The van der Waals surface area contributed by atoms with Gasteiger partial charge in [-0.1, -0.05) is 12.1 Å². The second-order valence-corrected chi connectivity index (χ2v) is 7.73. The fourth-order valence-electron chi connectivity index (χ4n) is 3.76. The van der Waals surface area contributed by atoms with E-state index in [4.69, 9.17) is 4.74 Å². The molecule has 2 aromatic heterocycles. The Kier molecular flexibility index (Phi) is 4.33. The van der Waals surface area contributed by atoms with E-state index in [1.165, 1.54) is 11.3 Å². The quantitative estimate of drug-likeness (QED) is 0.866. The predicted molar refractivity (Wildman–Crippen MR) is 93.9 cm³/mol. The molecule has 5 heteroatoms. The minimum atomic E-state index is 0.241. The molecule has 4 rings (SSSR count). The third-order valence-electron chi connectivity index (χ3n) is 4.89. The third-order valence-corrected chi connectivity index (χ3v) is 5.75. The lowest BCUT2D eigenvalue weighted by Gasteiger charge is -2.31. The molecule has 1 spiro atoms. The van der Waals surface area contributed by atoms with Crippen LogP contribution in [0.15, 0.2) is 41.9 Å². The van der Waals surface area contributed by atoms with Crippen LogP contribution in [-0.4, -0.2) is 49.3 Å². The summed E-state index contributed by atoms with van der Waals surface area (Å²) >= 11 is 1.85. The third kappa shape index (κ3) is 3.42. The summed E-state index contributed by atoms with van der Waals surface area (Å²) in [5.41, 5.74) is 0.241. The molecule has 0 radical (unpaired) electrons. The van der Waals surface area contributed by atoms with Crippen LogP contribution in [-0.2, 0) is 11.3 Å². The van der Waals surface area contributed by atoms with Gasteiger partial charge in [-0.15, -0.1) is 11.3 Å². The van der Waals surface area contributed by atoms with E-state index >= 15 is 0 Å². The van der Waals surface area contributed by atoms with Gasteiger partial charge in [-0.2, -0.15) is 0 Å². The van der Waals surface area contributed by atoms with Crippen molar-refractivity contribution in [2.45, 2.75) is 13.0 Å². The Balaban J connectivity index is 1.46. The summed E-state index contributed by atoms with van der Waals surface area (Å²) < 4.78 is 5.98. The monoisotopic (exact) mass is 329 g/mol. The van der Waals surface area contributed by atoms with Gasteiger partial charge in [-0.05, 0) is 30.0 Å². The van der Waals surface area contributed by atoms with Crippen LogP contribution >= 0.6 is 11.3 Å².